The van der Waals surface area contributed by atoms with E-state index in [0.29, 0.717) is 19.9 Å². The number of hydrogen-bond donors (Lipinski definition) is 0. The second-order valence-corrected chi connectivity index (χ2v) is 14.5. The smallest absolute Gasteiger partial charge is 0.456 e. The molecule has 39 heteroatoms. The number of hydrogen-bond acceptors (Lipinski definition) is 3. The number of ether oxygens (including phenoxy) is 1. The van der Waals surface area contributed by atoms with E-state index in [4.69, 9.17) is 0 Å². The molecular weight excluding hydrogens is 1050 g/mol. The molecule has 1 aliphatic rings. The van der Waals surface area contributed by atoms with Crippen molar-refractivity contribution in [3.8, 4) is 0 Å². The van der Waals surface area contributed by atoms with Gasteiger partial charge in [-0.15, -0.1) is 10.3 Å². The Labute approximate surface area is 338 Å². The van der Waals surface area contributed by atoms with Crippen LogP contribution in [0, 0.1) is 0 Å². The fourth-order valence-electron chi connectivity index (χ4n) is 5.02. The Morgan fingerprint density at radius 3 is 0.773 bits per heavy atom. The van der Waals surface area contributed by atoms with Crippen LogP contribution >= 0.6 is 0 Å². The van der Waals surface area contributed by atoms with Crippen LogP contribution in [0.2, 0.25) is 0 Å². The third-order valence-electron chi connectivity index (χ3n) is 9.13. The summed E-state index contributed by atoms with van der Waals surface area (Å²) in [4.78, 5) is 12.2. The fraction of sp³-hybridized carbons (Fsp3) is 0.889. The second-order valence-electron chi connectivity index (χ2n) is 14.5. The van der Waals surface area contributed by atoms with Crippen molar-refractivity contribution >= 4 is 5.97 Å². The summed E-state index contributed by atoms with van der Waals surface area (Å²) in [5.41, 5.74) is -5.40. The van der Waals surface area contributed by atoms with E-state index >= 15 is 0 Å². The molecule has 0 fully saturated rings. The first-order valence-electron chi connectivity index (χ1n) is 15.4. The quantitative estimate of drug-likeness (QED) is 0.102. The first-order chi connectivity index (χ1) is 27.9. The van der Waals surface area contributed by atoms with Crippen LogP contribution in [0.4, 0.5) is 154 Å². The van der Waals surface area contributed by atoms with Crippen LogP contribution in [0.15, 0.2) is 11.6 Å². The summed E-state index contributed by atoms with van der Waals surface area (Å²) >= 11 is 0. The first-order valence-corrected chi connectivity index (χ1v) is 15.4. The summed E-state index contributed by atoms with van der Waals surface area (Å²) < 4.78 is 486. The van der Waals surface area contributed by atoms with E-state index in [-0.39, 0.29) is 5.06 Å². The Hall–Kier alpha value is -3.32. The average Bonchev–Trinajstić information content (AvgIpc) is 3.27. The lowest BCUT2D eigenvalue weighted by Gasteiger charge is -2.47. The molecule has 0 aromatic heterocycles. The molecule has 0 aliphatic carbocycles. The van der Waals surface area contributed by atoms with Crippen molar-refractivity contribution in [2.75, 3.05) is 6.61 Å². The van der Waals surface area contributed by atoms with Crippen LogP contribution in [0.1, 0.15) is 27.7 Å². The van der Waals surface area contributed by atoms with E-state index < -0.39 is 130 Å². The molecule has 391 valence electrons. The van der Waals surface area contributed by atoms with Crippen molar-refractivity contribution in [3.63, 3.8) is 0 Å². The van der Waals surface area contributed by atoms with Gasteiger partial charge in [-0.2, -0.15) is 154 Å². The van der Waals surface area contributed by atoms with Gasteiger partial charge in [-0.1, -0.05) is 0 Å². The highest BCUT2D eigenvalue weighted by atomic mass is 19.4. The van der Waals surface area contributed by atoms with Crippen LogP contribution in [0.3, 0.4) is 0 Å². The maximum Gasteiger partial charge on any atom is 0.460 e. The van der Waals surface area contributed by atoms with Gasteiger partial charge in [-0.3, -0.25) is 0 Å². The standard InChI is InChI=1S/C27H15F35NO3/c1-9(2)5-7(10(3,4)63(9)65)8(64)66-6-11(28,29)12(30,31)13(32,33)14(34,35)15(36,37)16(38,39)17(40,41)18(42,43)19(44,45)20(46,47)21(48,49)22(50,51)23(52,53)24(54,55)25(56,57)26(58,59)27(60,61)62/h5H,6H2,1-4H3. The summed E-state index contributed by atoms with van der Waals surface area (Å²) in [6, 6.07) is 0. The highest BCUT2D eigenvalue weighted by Crippen LogP contribution is 2.70. The molecule has 0 amide bonds. The molecular formula is C27H15F35NO3. The van der Waals surface area contributed by atoms with E-state index in [9.17, 15) is 164 Å². The topological polar surface area (TPSA) is 49.4 Å². The molecule has 0 unspecified atom stereocenters. The lowest BCUT2D eigenvalue weighted by Crippen LogP contribution is -2.80. The third-order valence-corrected chi connectivity index (χ3v) is 9.13. The number of nitrogens with zero attached hydrogens (tertiary/aromatic N) is 1. The van der Waals surface area contributed by atoms with Gasteiger partial charge >= 0.3 is 107 Å². The molecule has 1 heterocycles. The molecule has 0 atom stereocenters. The van der Waals surface area contributed by atoms with E-state index in [0.717, 1.165) is 13.8 Å². The minimum absolute atomic E-state index is 0.0983. The van der Waals surface area contributed by atoms with E-state index in [1.807, 2.05) is 0 Å². The summed E-state index contributed by atoms with van der Waals surface area (Å²) in [5.74, 6) is -158. The van der Waals surface area contributed by atoms with Gasteiger partial charge in [0.05, 0.1) is 16.7 Å². The molecule has 1 rings (SSSR count). The van der Waals surface area contributed by atoms with Crippen LogP contribution in [-0.2, 0) is 14.7 Å². The summed E-state index contributed by atoms with van der Waals surface area (Å²) in [6.45, 7) is -0.679. The molecule has 0 aromatic carbocycles. The number of halogens is 35. The predicted molar refractivity (Wildman–Crippen MR) is 135 cm³/mol. The molecule has 0 bridgehead atoms. The Bertz CT molecular complexity index is 1870. The van der Waals surface area contributed by atoms with Crippen LogP contribution in [0.25, 0.3) is 0 Å². The predicted octanol–water partition coefficient (Wildman–Crippen LogP) is 12.4. The highest BCUT2D eigenvalue weighted by molar-refractivity contribution is 5.92. The number of hydroxylamine groups is 2. The minimum atomic E-state index is -10.4. The molecule has 66 heavy (non-hydrogen) atoms. The van der Waals surface area contributed by atoms with Crippen LogP contribution < -0.4 is 0 Å². The summed E-state index contributed by atoms with van der Waals surface area (Å²) in [6.07, 6.45) is -8.00. The Morgan fingerprint density at radius 1 is 0.394 bits per heavy atom. The number of carbonyl (C=O) groups excluding carboxylic acids is 1. The van der Waals surface area contributed by atoms with Gasteiger partial charge in [0.2, 0.25) is 0 Å². The zero-order chi connectivity index (χ0) is 54.4. The van der Waals surface area contributed by atoms with E-state index in [1.54, 1.807) is 0 Å². The lowest BCUT2D eigenvalue weighted by molar-refractivity contribution is -0.492. The summed E-state index contributed by atoms with van der Waals surface area (Å²) in [7, 11) is 0. The first kappa shape index (κ1) is 60.7. The SMILES string of the molecule is CC1(C)C=C(C(=O)OCC(F)(F)C(F)(F)C(F)(F)C(F)(F)C(F)(F)C(F)(F)C(F)(F)C(F)(F)C(F)(F)C(F)(F)C(F)(F)C(F)(F)C(F)(F)C(F)(F)C(F)(F)C(F)(F)C(F)(F)F)C(C)(C)N1[O]. The third kappa shape index (κ3) is 7.16. The fourth-order valence-corrected chi connectivity index (χ4v) is 5.02. The number of carbonyl (C=O) groups is 1. The molecule has 1 radical (unpaired) electrons. The lowest BCUT2D eigenvalue weighted by atomic mass is 9.82. The van der Waals surface area contributed by atoms with Crippen LogP contribution in [0.5, 0.6) is 0 Å². The molecule has 1 aliphatic heterocycles. The molecule has 0 spiro atoms. The van der Waals surface area contributed by atoms with Crippen molar-refractivity contribution in [1.29, 1.82) is 0 Å². The minimum Gasteiger partial charge on any atom is -0.456 e. The molecule has 0 saturated heterocycles. The van der Waals surface area contributed by atoms with Gasteiger partial charge < -0.3 is 4.74 Å². The largest absolute Gasteiger partial charge is 0.460 e. The van der Waals surface area contributed by atoms with Crippen molar-refractivity contribution in [1.82, 2.24) is 5.06 Å². The molecule has 4 nitrogen and oxygen atoms in total. The second kappa shape index (κ2) is 15.1. The van der Waals surface area contributed by atoms with Gasteiger partial charge in [0.25, 0.3) is 0 Å². The van der Waals surface area contributed by atoms with Gasteiger partial charge in [0, 0.05) is 0 Å². The molecule has 0 aromatic rings. The van der Waals surface area contributed by atoms with Crippen molar-refractivity contribution in [2.45, 2.75) is 140 Å². The van der Waals surface area contributed by atoms with Gasteiger partial charge in [-0.25, -0.2) is 4.79 Å². The molecule has 0 N–H and O–H groups in total. The van der Waals surface area contributed by atoms with Crippen LogP contribution in [-0.4, -0.2) is 130 Å². The summed E-state index contributed by atoms with van der Waals surface area (Å²) in [5, 5.41) is 12.1. The Morgan fingerprint density at radius 2 is 0.591 bits per heavy atom. The van der Waals surface area contributed by atoms with Crippen molar-refractivity contribution < 1.29 is 168 Å². The van der Waals surface area contributed by atoms with Gasteiger partial charge in [0.15, 0.2) is 6.61 Å². The van der Waals surface area contributed by atoms with E-state index in [1.165, 1.54) is 0 Å². The number of esters is 1. The number of alkyl halides is 35. The highest BCUT2D eigenvalue weighted by Gasteiger charge is 3.02. The van der Waals surface area contributed by atoms with Crippen molar-refractivity contribution in [3.05, 3.63) is 11.6 Å². The zero-order valence-corrected chi connectivity index (χ0v) is 30.7. The Balaban J connectivity index is 3.94. The average molecular weight is 1070 g/mol. The number of rotatable bonds is 18. The normalized spacial score (nSPS) is 19.3. The van der Waals surface area contributed by atoms with Gasteiger partial charge in [0.1, 0.15) is 0 Å². The maximum absolute atomic E-state index is 14.3. The zero-order valence-electron chi connectivity index (χ0n) is 30.7. The van der Waals surface area contributed by atoms with E-state index in [2.05, 4.69) is 4.74 Å². The van der Waals surface area contributed by atoms with Gasteiger partial charge in [-0.05, 0) is 33.8 Å². The monoisotopic (exact) mass is 1070 g/mol. The maximum atomic E-state index is 14.3. The Kier molecular flexibility index (Phi) is 13.9. The molecule has 0 saturated carbocycles. The van der Waals surface area contributed by atoms with Crippen molar-refractivity contribution in [2.24, 2.45) is 0 Å².